The molecular weight excluding hydrogens is 246 g/mol. The van der Waals surface area contributed by atoms with Crippen molar-refractivity contribution in [2.45, 2.75) is 43.4 Å². The average molecular weight is 269 g/mol. The minimum atomic E-state index is -1.03. The fourth-order valence-corrected chi connectivity index (χ4v) is 3.48. The lowest BCUT2D eigenvalue weighted by Gasteiger charge is -2.18. The second-order valence-corrected chi connectivity index (χ2v) is 6.29. The predicted molar refractivity (Wildman–Crippen MR) is 76.6 cm³/mol. The highest BCUT2D eigenvalue weighted by Crippen LogP contribution is 2.24. The number of rotatable bonds is 7. The summed E-state index contributed by atoms with van der Waals surface area (Å²) in [5.74, 6) is 0.707. The van der Waals surface area contributed by atoms with Crippen LogP contribution in [0.3, 0.4) is 0 Å². The molecule has 1 rings (SSSR count). The fraction of sp³-hybridized carbons (Fsp3) is 0.571. The maximum absolute atomic E-state index is 12.5. The van der Waals surface area contributed by atoms with E-state index in [1.807, 2.05) is 31.2 Å². The van der Waals surface area contributed by atoms with E-state index in [0.29, 0.717) is 11.8 Å². The molecule has 18 heavy (non-hydrogen) atoms. The van der Waals surface area contributed by atoms with Gasteiger partial charge in [-0.3, -0.25) is 4.21 Å². The zero-order valence-electron chi connectivity index (χ0n) is 11.6. The van der Waals surface area contributed by atoms with E-state index in [0.717, 1.165) is 17.9 Å². The van der Waals surface area contributed by atoms with E-state index < -0.39 is 10.8 Å². The Kier molecular flexibility index (Phi) is 6.36. The molecule has 0 radical (unpaired) electrons. The van der Waals surface area contributed by atoms with Crippen LogP contribution in [0.5, 0.6) is 5.75 Å². The number of hydrogen-bond donors (Lipinski definition) is 1. The molecule has 1 aromatic carbocycles. The lowest BCUT2D eigenvalue weighted by Crippen LogP contribution is -2.30. The highest BCUT2D eigenvalue weighted by molar-refractivity contribution is 7.85. The minimum absolute atomic E-state index is 0.107. The van der Waals surface area contributed by atoms with Gasteiger partial charge < -0.3 is 10.1 Å². The van der Waals surface area contributed by atoms with Crippen molar-refractivity contribution in [1.82, 2.24) is 5.32 Å². The normalized spacial score (nSPS) is 16.0. The number of hydrogen-bond acceptors (Lipinski definition) is 3. The van der Waals surface area contributed by atoms with E-state index in [9.17, 15) is 4.21 Å². The van der Waals surface area contributed by atoms with Gasteiger partial charge in [0.1, 0.15) is 5.75 Å². The third-order valence-electron chi connectivity index (χ3n) is 2.89. The van der Waals surface area contributed by atoms with Crippen LogP contribution < -0.4 is 10.1 Å². The van der Waals surface area contributed by atoms with Gasteiger partial charge in [-0.1, -0.05) is 26.0 Å². The molecule has 0 saturated heterocycles. The molecule has 3 atom stereocenters. The Morgan fingerprint density at radius 3 is 2.61 bits per heavy atom. The Labute approximate surface area is 112 Å². The van der Waals surface area contributed by atoms with Crippen LogP contribution in [0, 0.1) is 0 Å². The standard InChI is InChI=1S/C14H23NO2S/c1-5-15-11(2)10-12(3)18(16)14-9-7-6-8-13(14)17-4/h6-9,11-12,15H,5,10H2,1-4H3. The van der Waals surface area contributed by atoms with Gasteiger partial charge in [-0.05, 0) is 32.0 Å². The first-order valence-corrected chi connectivity index (χ1v) is 7.58. The van der Waals surface area contributed by atoms with E-state index in [1.165, 1.54) is 0 Å². The smallest absolute Gasteiger partial charge is 0.134 e. The molecule has 0 aliphatic heterocycles. The van der Waals surface area contributed by atoms with E-state index in [2.05, 4.69) is 19.2 Å². The first-order valence-electron chi connectivity index (χ1n) is 6.37. The van der Waals surface area contributed by atoms with Gasteiger partial charge >= 0.3 is 0 Å². The lowest BCUT2D eigenvalue weighted by molar-refractivity contribution is 0.403. The number of benzene rings is 1. The van der Waals surface area contributed by atoms with Crippen LogP contribution in [-0.2, 0) is 10.8 Å². The lowest BCUT2D eigenvalue weighted by atomic mass is 10.2. The highest BCUT2D eigenvalue weighted by atomic mass is 32.2. The summed E-state index contributed by atoms with van der Waals surface area (Å²) in [6.45, 7) is 7.17. The number of para-hydroxylation sites is 1. The third kappa shape index (κ3) is 4.10. The van der Waals surface area contributed by atoms with Gasteiger partial charge in [0.25, 0.3) is 0 Å². The van der Waals surface area contributed by atoms with Gasteiger partial charge in [-0.2, -0.15) is 0 Å². The van der Waals surface area contributed by atoms with Crippen molar-refractivity contribution in [1.29, 1.82) is 0 Å². The van der Waals surface area contributed by atoms with E-state index in [4.69, 9.17) is 4.74 Å². The Balaban J connectivity index is 2.74. The molecule has 0 fully saturated rings. The Hall–Kier alpha value is -0.870. The molecule has 1 aromatic rings. The van der Waals surface area contributed by atoms with Crippen molar-refractivity contribution in [3.8, 4) is 5.75 Å². The van der Waals surface area contributed by atoms with Crippen LogP contribution in [0.15, 0.2) is 29.2 Å². The van der Waals surface area contributed by atoms with Gasteiger partial charge in [0.05, 0.1) is 22.8 Å². The third-order valence-corrected chi connectivity index (χ3v) is 4.58. The van der Waals surface area contributed by atoms with Crippen LogP contribution >= 0.6 is 0 Å². The average Bonchev–Trinajstić information content (AvgIpc) is 2.38. The molecule has 0 spiro atoms. The van der Waals surface area contributed by atoms with Crippen molar-refractivity contribution >= 4 is 10.8 Å². The first-order chi connectivity index (χ1) is 8.60. The molecule has 0 saturated carbocycles. The van der Waals surface area contributed by atoms with Gasteiger partial charge in [0.15, 0.2) is 0 Å². The Bertz CT molecular complexity index is 395. The quantitative estimate of drug-likeness (QED) is 0.827. The fourth-order valence-electron chi connectivity index (χ4n) is 2.02. The summed E-state index contributed by atoms with van der Waals surface area (Å²) in [6.07, 6.45) is 0.887. The number of methoxy groups -OCH3 is 1. The molecule has 1 N–H and O–H groups in total. The monoisotopic (exact) mass is 269 g/mol. The van der Waals surface area contributed by atoms with Gasteiger partial charge in [-0.15, -0.1) is 0 Å². The second kappa shape index (κ2) is 7.54. The second-order valence-electron chi connectivity index (χ2n) is 4.45. The summed E-state index contributed by atoms with van der Waals surface area (Å²) in [6, 6.07) is 7.90. The molecule has 102 valence electrons. The van der Waals surface area contributed by atoms with Crippen molar-refractivity contribution < 1.29 is 8.95 Å². The molecular formula is C14H23NO2S. The molecule has 3 nitrogen and oxygen atoms in total. The van der Waals surface area contributed by atoms with Crippen molar-refractivity contribution in [3.05, 3.63) is 24.3 Å². The molecule has 0 amide bonds. The minimum Gasteiger partial charge on any atom is -0.495 e. The molecule has 3 unspecified atom stereocenters. The highest BCUT2D eigenvalue weighted by Gasteiger charge is 2.18. The van der Waals surface area contributed by atoms with Crippen molar-refractivity contribution in [2.75, 3.05) is 13.7 Å². The SMILES string of the molecule is CCNC(C)CC(C)S(=O)c1ccccc1OC. The van der Waals surface area contributed by atoms with Gasteiger partial charge in [0.2, 0.25) is 0 Å². The largest absolute Gasteiger partial charge is 0.495 e. The Morgan fingerprint density at radius 2 is 2.00 bits per heavy atom. The number of nitrogens with one attached hydrogen (secondary N) is 1. The van der Waals surface area contributed by atoms with E-state index in [1.54, 1.807) is 7.11 Å². The van der Waals surface area contributed by atoms with Gasteiger partial charge in [0, 0.05) is 11.3 Å². The topological polar surface area (TPSA) is 38.3 Å². The molecule has 0 aliphatic rings. The maximum Gasteiger partial charge on any atom is 0.134 e. The van der Waals surface area contributed by atoms with Crippen LogP contribution in [0.2, 0.25) is 0 Å². The number of ether oxygens (including phenoxy) is 1. The summed E-state index contributed by atoms with van der Waals surface area (Å²) in [5.41, 5.74) is 0. The molecule has 0 aliphatic carbocycles. The summed E-state index contributed by atoms with van der Waals surface area (Å²) in [4.78, 5) is 0.788. The van der Waals surface area contributed by atoms with Crippen LogP contribution in [-0.4, -0.2) is 29.2 Å². The maximum atomic E-state index is 12.5. The van der Waals surface area contributed by atoms with Crippen LogP contribution in [0.25, 0.3) is 0 Å². The summed E-state index contributed by atoms with van der Waals surface area (Å²) in [5, 5.41) is 3.45. The summed E-state index contributed by atoms with van der Waals surface area (Å²) >= 11 is 0. The van der Waals surface area contributed by atoms with Crippen LogP contribution in [0.1, 0.15) is 27.2 Å². The van der Waals surface area contributed by atoms with E-state index >= 15 is 0 Å². The molecule has 4 heteroatoms. The molecule has 0 heterocycles. The van der Waals surface area contributed by atoms with Crippen LogP contribution in [0.4, 0.5) is 0 Å². The first kappa shape index (κ1) is 15.2. The summed E-state index contributed by atoms with van der Waals surface area (Å²) < 4.78 is 17.7. The molecule has 0 aromatic heterocycles. The zero-order valence-corrected chi connectivity index (χ0v) is 12.4. The van der Waals surface area contributed by atoms with E-state index in [-0.39, 0.29) is 5.25 Å². The van der Waals surface area contributed by atoms with Gasteiger partial charge in [-0.25, -0.2) is 0 Å². The van der Waals surface area contributed by atoms with Crippen molar-refractivity contribution in [2.24, 2.45) is 0 Å². The summed E-state index contributed by atoms with van der Waals surface area (Å²) in [7, 11) is 0.584. The predicted octanol–water partition coefficient (Wildman–Crippen LogP) is 2.58. The van der Waals surface area contributed by atoms with Crippen molar-refractivity contribution in [3.63, 3.8) is 0 Å². The zero-order chi connectivity index (χ0) is 13.5. The molecule has 0 bridgehead atoms. The Morgan fingerprint density at radius 1 is 1.33 bits per heavy atom.